The van der Waals surface area contributed by atoms with E-state index < -0.39 is 5.91 Å². The van der Waals surface area contributed by atoms with Gasteiger partial charge < -0.3 is 15.8 Å². The molecule has 0 heterocycles. The molecule has 6 heteroatoms. The number of amides is 2. The second kappa shape index (κ2) is 6.90. The van der Waals surface area contributed by atoms with E-state index in [9.17, 15) is 9.59 Å². The van der Waals surface area contributed by atoms with Gasteiger partial charge >= 0.3 is 0 Å². The van der Waals surface area contributed by atoms with E-state index in [4.69, 9.17) is 10.5 Å². The lowest BCUT2D eigenvalue weighted by Gasteiger charge is -2.06. The third-order valence-corrected chi connectivity index (χ3v) is 2.24. The summed E-state index contributed by atoms with van der Waals surface area (Å²) in [6.07, 6.45) is 0.417. The molecule has 17 heavy (non-hydrogen) atoms. The fourth-order valence-corrected chi connectivity index (χ4v) is 1.46. The molecule has 0 radical (unpaired) electrons. The lowest BCUT2D eigenvalue weighted by Crippen LogP contribution is -2.20. The Hall–Kier alpha value is -1.56. The van der Waals surface area contributed by atoms with Gasteiger partial charge in [0.05, 0.1) is 0 Å². The molecule has 0 aromatic heterocycles. The van der Waals surface area contributed by atoms with Crippen LogP contribution < -0.4 is 15.8 Å². The van der Waals surface area contributed by atoms with Crippen LogP contribution in [-0.2, 0) is 9.59 Å². The van der Waals surface area contributed by atoms with E-state index in [1.165, 1.54) is 0 Å². The minimum absolute atomic E-state index is 0.0623. The quantitative estimate of drug-likeness (QED) is 0.776. The summed E-state index contributed by atoms with van der Waals surface area (Å²) in [5.41, 5.74) is 5.63. The number of carbonyl (C=O) groups is 2. The van der Waals surface area contributed by atoms with Crippen molar-refractivity contribution in [1.29, 1.82) is 0 Å². The zero-order valence-electron chi connectivity index (χ0n) is 9.11. The molecule has 0 saturated heterocycles. The van der Waals surface area contributed by atoms with Crippen LogP contribution in [0.1, 0.15) is 6.42 Å². The van der Waals surface area contributed by atoms with Crippen LogP contribution in [0.4, 0.5) is 5.69 Å². The van der Waals surface area contributed by atoms with Gasteiger partial charge in [0, 0.05) is 17.4 Å². The fourth-order valence-electron chi connectivity index (χ4n) is 1.10. The maximum Gasteiger partial charge on any atom is 0.255 e. The number of hydrogen-bond donors (Lipinski definition) is 2. The molecule has 0 atom stereocenters. The number of alkyl halides is 1. The maximum absolute atomic E-state index is 11.3. The van der Waals surface area contributed by atoms with Gasteiger partial charge in [0.15, 0.2) is 6.61 Å². The molecule has 0 saturated carbocycles. The fraction of sp³-hybridized carbons (Fsp3) is 0.273. The van der Waals surface area contributed by atoms with Gasteiger partial charge in [-0.05, 0) is 24.3 Å². The predicted molar refractivity (Wildman–Crippen MR) is 68.2 cm³/mol. The van der Waals surface area contributed by atoms with Crippen molar-refractivity contribution in [3.63, 3.8) is 0 Å². The predicted octanol–water partition coefficient (Wildman–Crippen LogP) is 1.27. The highest BCUT2D eigenvalue weighted by molar-refractivity contribution is 9.09. The van der Waals surface area contributed by atoms with E-state index in [0.29, 0.717) is 23.2 Å². The molecule has 0 spiro atoms. The molecule has 5 nitrogen and oxygen atoms in total. The normalized spacial score (nSPS) is 9.71. The molecule has 0 fully saturated rings. The van der Waals surface area contributed by atoms with E-state index in [-0.39, 0.29) is 12.5 Å². The molecule has 2 amide bonds. The number of nitrogens with one attached hydrogen (secondary N) is 1. The second-order valence-electron chi connectivity index (χ2n) is 3.27. The van der Waals surface area contributed by atoms with Crippen molar-refractivity contribution in [2.24, 2.45) is 5.73 Å². The van der Waals surface area contributed by atoms with Crippen LogP contribution in [0.5, 0.6) is 5.75 Å². The SMILES string of the molecule is NC(=O)COc1ccc(NC(=O)CCBr)cc1. The lowest BCUT2D eigenvalue weighted by atomic mass is 10.3. The van der Waals surface area contributed by atoms with Crippen molar-refractivity contribution in [3.05, 3.63) is 24.3 Å². The number of anilines is 1. The van der Waals surface area contributed by atoms with Gasteiger partial charge in [-0.3, -0.25) is 9.59 Å². The molecule has 1 aromatic carbocycles. The number of carbonyl (C=O) groups excluding carboxylic acids is 2. The van der Waals surface area contributed by atoms with Crippen LogP contribution in [0.2, 0.25) is 0 Å². The van der Waals surface area contributed by atoms with Crippen LogP contribution in [0.3, 0.4) is 0 Å². The van der Waals surface area contributed by atoms with Gasteiger partial charge in [-0.15, -0.1) is 0 Å². The molecule has 0 unspecified atom stereocenters. The van der Waals surface area contributed by atoms with Gasteiger partial charge in [-0.2, -0.15) is 0 Å². The highest BCUT2D eigenvalue weighted by atomic mass is 79.9. The summed E-state index contributed by atoms with van der Waals surface area (Å²) in [4.78, 5) is 21.8. The average Bonchev–Trinajstić information content (AvgIpc) is 2.28. The first-order valence-electron chi connectivity index (χ1n) is 4.99. The number of hydrogen-bond acceptors (Lipinski definition) is 3. The Balaban J connectivity index is 2.49. The summed E-state index contributed by atoms with van der Waals surface area (Å²) in [6.45, 7) is -0.157. The molecule has 0 aliphatic heterocycles. The van der Waals surface area contributed by atoms with E-state index in [2.05, 4.69) is 21.2 Å². The van der Waals surface area contributed by atoms with Crippen LogP contribution in [0.15, 0.2) is 24.3 Å². The Morgan fingerprint density at radius 2 is 1.94 bits per heavy atom. The Bertz CT molecular complexity index is 392. The number of nitrogens with two attached hydrogens (primary N) is 1. The first-order valence-corrected chi connectivity index (χ1v) is 6.11. The van der Waals surface area contributed by atoms with Crippen LogP contribution in [0, 0.1) is 0 Å². The number of ether oxygens (including phenoxy) is 1. The monoisotopic (exact) mass is 300 g/mol. The topological polar surface area (TPSA) is 81.4 Å². The molecule has 92 valence electrons. The molecule has 3 N–H and O–H groups in total. The number of primary amides is 1. The van der Waals surface area contributed by atoms with Crippen LogP contribution in [-0.4, -0.2) is 23.8 Å². The van der Waals surface area contributed by atoms with Crippen molar-refractivity contribution in [1.82, 2.24) is 0 Å². The molecule has 0 bridgehead atoms. The van der Waals surface area contributed by atoms with E-state index in [1.54, 1.807) is 24.3 Å². The van der Waals surface area contributed by atoms with E-state index >= 15 is 0 Å². The van der Waals surface area contributed by atoms with Gasteiger partial charge in [-0.1, -0.05) is 15.9 Å². The first kappa shape index (κ1) is 13.5. The number of rotatable bonds is 6. The minimum atomic E-state index is -0.528. The van der Waals surface area contributed by atoms with Gasteiger partial charge in [0.2, 0.25) is 5.91 Å². The molecule has 0 aliphatic rings. The smallest absolute Gasteiger partial charge is 0.255 e. The molecular formula is C11H13BrN2O3. The zero-order chi connectivity index (χ0) is 12.7. The highest BCUT2D eigenvalue weighted by Gasteiger charge is 2.02. The highest BCUT2D eigenvalue weighted by Crippen LogP contribution is 2.15. The zero-order valence-corrected chi connectivity index (χ0v) is 10.7. The summed E-state index contributed by atoms with van der Waals surface area (Å²) in [5.74, 6) is -0.0605. The minimum Gasteiger partial charge on any atom is -0.484 e. The molecule has 0 aliphatic carbocycles. The first-order chi connectivity index (χ1) is 8.11. The Kier molecular flexibility index (Phi) is 5.48. The Morgan fingerprint density at radius 3 is 2.47 bits per heavy atom. The van der Waals surface area contributed by atoms with Crippen molar-refractivity contribution in [2.45, 2.75) is 6.42 Å². The third kappa shape index (κ3) is 5.35. The van der Waals surface area contributed by atoms with E-state index in [1.807, 2.05) is 0 Å². The van der Waals surface area contributed by atoms with Gasteiger partial charge in [0.25, 0.3) is 5.91 Å². The van der Waals surface area contributed by atoms with Crippen LogP contribution in [0.25, 0.3) is 0 Å². The Morgan fingerprint density at radius 1 is 1.29 bits per heavy atom. The number of benzene rings is 1. The summed E-state index contributed by atoms with van der Waals surface area (Å²) in [7, 11) is 0. The summed E-state index contributed by atoms with van der Waals surface area (Å²) < 4.78 is 5.08. The standard InChI is InChI=1S/C11H13BrN2O3/c12-6-5-11(16)14-8-1-3-9(4-2-8)17-7-10(13)15/h1-4H,5-7H2,(H2,13,15)(H,14,16). The van der Waals surface area contributed by atoms with Crippen molar-refractivity contribution >= 4 is 33.4 Å². The Labute approximate surface area is 107 Å². The lowest BCUT2D eigenvalue weighted by molar-refractivity contribution is -0.120. The molecule has 1 rings (SSSR count). The summed E-state index contributed by atoms with van der Waals surface area (Å²) in [6, 6.07) is 6.71. The largest absolute Gasteiger partial charge is 0.484 e. The molecular weight excluding hydrogens is 288 g/mol. The van der Waals surface area contributed by atoms with Crippen LogP contribution >= 0.6 is 15.9 Å². The van der Waals surface area contributed by atoms with Gasteiger partial charge in [-0.25, -0.2) is 0 Å². The maximum atomic E-state index is 11.3. The third-order valence-electron chi connectivity index (χ3n) is 1.84. The summed E-state index contributed by atoms with van der Waals surface area (Å²) >= 11 is 3.18. The average molecular weight is 301 g/mol. The van der Waals surface area contributed by atoms with Crippen molar-refractivity contribution in [2.75, 3.05) is 17.3 Å². The molecule has 1 aromatic rings. The van der Waals surface area contributed by atoms with Gasteiger partial charge in [0.1, 0.15) is 5.75 Å². The van der Waals surface area contributed by atoms with E-state index in [0.717, 1.165) is 0 Å². The van der Waals surface area contributed by atoms with Crippen molar-refractivity contribution < 1.29 is 14.3 Å². The summed E-state index contributed by atoms with van der Waals surface area (Å²) in [5, 5.41) is 3.34. The second-order valence-corrected chi connectivity index (χ2v) is 4.06. The number of halogens is 1. The van der Waals surface area contributed by atoms with Crippen molar-refractivity contribution in [3.8, 4) is 5.75 Å².